The molecule has 0 amide bonds. The number of benzene rings is 5. The summed E-state index contributed by atoms with van der Waals surface area (Å²) in [7, 11) is 0. The molecule has 0 atom stereocenters. The highest BCUT2D eigenvalue weighted by Gasteiger charge is 2.53. The minimum atomic E-state index is -0.197. The second-order valence-corrected chi connectivity index (χ2v) is 27.5. The van der Waals surface area contributed by atoms with E-state index in [0.29, 0.717) is 29.8 Å². The summed E-state index contributed by atoms with van der Waals surface area (Å²) in [6.45, 7) is 8.09. The van der Waals surface area contributed by atoms with Crippen molar-refractivity contribution >= 4 is 0 Å². The largest absolute Gasteiger partial charge is 0.489 e. The molecule has 3 N–H and O–H groups in total. The van der Waals surface area contributed by atoms with Crippen molar-refractivity contribution in [1.29, 1.82) is 0 Å². The van der Waals surface area contributed by atoms with Crippen molar-refractivity contribution in [2.75, 3.05) is 0 Å². The number of hydrogen-bond donors (Lipinski definition) is 3. The maximum atomic E-state index is 13.2. The first-order valence-corrected chi connectivity index (χ1v) is 31.0. The molecule has 7 heteroatoms. The number of rotatable bonds is 16. The summed E-state index contributed by atoms with van der Waals surface area (Å²) < 4.78 is 25.1. The van der Waals surface area contributed by atoms with E-state index in [-0.39, 0.29) is 5.82 Å². The predicted molar refractivity (Wildman–Crippen MR) is 317 cm³/mol. The number of aryl methyl sites for hydroxylation is 2. The van der Waals surface area contributed by atoms with Crippen LogP contribution in [0, 0.1) is 72.9 Å². The molecule has 12 bridgehead atoms. The third-order valence-corrected chi connectivity index (χ3v) is 21.1. The average molecular weight is 1060 g/mol. The Morgan fingerprint density at radius 1 is 0.430 bits per heavy atom. The first-order valence-electron chi connectivity index (χ1n) is 31.0. The highest BCUT2D eigenvalue weighted by molar-refractivity contribution is 5.62. The molecule has 12 aliphatic rings. The summed E-state index contributed by atoms with van der Waals surface area (Å²) in [6, 6.07) is 43.6. The van der Waals surface area contributed by atoms with Crippen LogP contribution in [0.3, 0.4) is 0 Å². The zero-order chi connectivity index (χ0) is 53.4. The lowest BCUT2D eigenvalue weighted by Gasteiger charge is -2.57. The predicted octanol–water partition coefficient (Wildman–Crippen LogP) is 16.2. The summed E-state index contributed by atoms with van der Waals surface area (Å²) in [6.07, 6.45) is 30.0. The lowest BCUT2D eigenvalue weighted by molar-refractivity contribution is -0.0207. The fourth-order valence-corrected chi connectivity index (χ4v) is 18.6. The zero-order valence-corrected chi connectivity index (χ0v) is 47.4. The molecule has 79 heavy (non-hydrogen) atoms. The number of pyridine rings is 1. The minimum Gasteiger partial charge on any atom is -0.489 e. The SMILES string of the molecule is Cc1cc(F)ccc1COc1ccc(CNC23CC4CC(CC(C4)C2)C3)cc1.Cc1cccc(COc2ccc(CNC34CC5CC(CC(C5)C3)C4)cc2)c1.c1cncc(-c2ccc(CNC34CC5CC(CC(C5)C3)C4)cc2)c1. The quantitative estimate of drug-likeness (QED) is 0.0898. The normalized spacial score (nSPS) is 31.8. The maximum absolute atomic E-state index is 13.2. The number of hydrogen-bond acceptors (Lipinski definition) is 6. The van der Waals surface area contributed by atoms with Crippen LogP contribution < -0.4 is 25.4 Å². The number of ether oxygens (including phenoxy) is 2. The van der Waals surface area contributed by atoms with Gasteiger partial charge in [-0.1, -0.05) is 90.5 Å². The number of nitrogens with one attached hydrogen (secondary N) is 3. The highest BCUT2D eigenvalue weighted by atomic mass is 19.1. The number of aromatic nitrogens is 1. The molecule has 0 spiro atoms. The van der Waals surface area contributed by atoms with E-state index in [0.717, 1.165) is 95.5 Å². The molecule has 0 unspecified atom stereocenters. The van der Waals surface area contributed by atoms with Gasteiger partial charge in [-0.2, -0.15) is 0 Å². The Morgan fingerprint density at radius 3 is 1.24 bits per heavy atom. The van der Waals surface area contributed by atoms with Gasteiger partial charge in [-0.3, -0.25) is 4.98 Å². The Balaban J connectivity index is 0.000000113. The molecule has 18 rings (SSSR count). The Kier molecular flexibility index (Phi) is 15.4. The Labute approximate surface area is 471 Å². The van der Waals surface area contributed by atoms with Crippen LogP contribution in [-0.2, 0) is 32.8 Å². The van der Waals surface area contributed by atoms with Gasteiger partial charge in [0.25, 0.3) is 0 Å². The monoisotopic (exact) mass is 1060 g/mol. The van der Waals surface area contributed by atoms with Crippen molar-refractivity contribution in [2.45, 2.75) is 179 Å². The van der Waals surface area contributed by atoms with E-state index in [1.807, 2.05) is 25.4 Å². The second kappa shape index (κ2) is 22.9. The Morgan fingerprint density at radius 2 is 0.848 bits per heavy atom. The van der Waals surface area contributed by atoms with Crippen molar-refractivity contribution in [1.82, 2.24) is 20.9 Å². The fraction of sp³-hybridized carbons (Fsp3) is 0.514. The zero-order valence-electron chi connectivity index (χ0n) is 47.4. The van der Waals surface area contributed by atoms with Crippen molar-refractivity contribution < 1.29 is 13.9 Å². The fourth-order valence-electron chi connectivity index (χ4n) is 18.6. The van der Waals surface area contributed by atoms with Crippen molar-refractivity contribution in [2.24, 2.45) is 53.3 Å². The van der Waals surface area contributed by atoms with Gasteiger partial charge in [0.1, 0.15) is 30.5 Å². The molecule has 12 fully saturated rings. The van der Waals surface area contributed by atoms with Gasteiger partial charge in [0, 0.05) is 48.6 Å². The molecule has 0 saturated heterocycles. The van der Waals surface area contributed by atoms with Gasteiger partial charge >= 0.3 is 0 Å². The van der Waals surface area contributed by atoms with Gasteiger partial charge in [0.15, 0.2) is 0 Å². The van der Waals surface area contributed by atoms with E-state index in [2.05, 4.69) is 131 Å². The van der Waals surface area contributed by atoms with Crippen LogP contribution in [0.25, 0.3) is 11.1 Å². The first kappa shape index (κ1) is 53.0. The molecule has 12 saturated carbocycles. The highest BCUT2D eigenvalue weighted by Crippen LogP contribution is 2.58. The van der Waals surface area contributed by atoms with Crippen LogP contribution in [0.2, 0.25) is 0 Å². The van der Waals surface area contributed by atoms with Gasteiger partial charge in [-0.05, 0) is 270 Å². The lowest BCUT2D eigenvalue weighted by Crippen LogP contribution is -2.58. The van der Waals surface area contributed by atoms with E-state index >= 15 is 0 Å². The minimum absolute atomic E-state index is 0.197. The van der Waals surface area contributed by atoms with Crippen LogP contribution in [0.1, 0.15) is 155 Å². The summed E-state index contributed by atoms with van der Waals surface area (Å²) in [4.78, 5) is 4.21. The van der Waals surface area contributed by atoms with Crippen LogP contribution in [0.15, 0.2) is 140 Å². The van der Waals surface area contributed by atoms with Crippen molar-refractivity contribution in [3.05, 3.63) is 185 Å². The summed E-state index contributed by atoms with van der Waals surface area (Å²) >= 11 is 0. The van der Waals surface area contributed by atoms with E-state index in [1.54, 1.807) is 12.1 Å². The molecule has 6 aromatic rings. The summed E-state index contributed by atoms with van der Waals surface area (Å²) in [5.74, 6) is 10.6. The van der Waals surface area contributed by atoms with Crippen molar-refractivity contribution in [3.63, 3.8) is 0 Å². The van der Waals surface area contributed by atoms with Gasteiger partial charge < -0.3 is 25.4 Å². The van der Waals surface area contributed by atoms with E-state index in [1.165, 1.54) is 161 Å². The van der Waals surface area contributed by atoms with Gasteiger partial charge in [0.05, 0.1) is 0 Å². The molecule has 6 nitrogen and oxygen atoms in total. The van der Waals surface area contributed by atoms with Crippen LogP contribution in [-0.4, -0.2) is 21.6 Å². The Hall–Kier alpha value is -5.34. The number of halogens is 1. The molecule has 5 aromatic carbocycles. The van der Waals surface area contributed by atoms with Gasteiger partial charge in [0.2, 0.25) is 0 Å². The molecule has 414 valence electrons. The molecule has 12 aliphatic carbocycles. The average Bonchev–Trinajstić information content (AvgIpc) is 3.61. The molecule has 0 aliphatic heterocycles. The molecule has 1 heterocycles. The van der Waals surface area contributed by atoms with E-state index < -0.39 is 0 Å². The molecular weight excluding hydrogens is 972 g/mol. The van der Waals surface area contributed by atoms with Crippen molar-refractivity contribution in [3.8, 4) is 22.6 Å². The maximum Gasteiger partial charge on any atom is 0.123 e. The standard InChI is InChI=1S/C25H30FNO.C25H31NO.C22H26N2/c1-17-8-23(26)5-4-22(17)16-28-24-6-2-18(3-7-24)15-27-25-12-19-9-20(13-25)11-21(10-19)14-25;1-18-3-2-4-20(9-18)17-27-24-7-5-19(6-8-24)16-26-25-13-21-10-22(14-25)12-23(11-21)15-25;1-2-21(15-23-7-1)20-5-3-16(4-6-20)14-24-22-11-17-8-18(12-22)10-19(9-17)13-22/h2-8,19-21,27H,9-16H2,1H3;2-9,21-23,26H,10-17H2,1H3;1-7,15,17-19,24H,8-14H2. The summed E-state index contributed by atoms with van der Waals surface area (Å²) in [5, 5.41) is 11.9. The van der Waals surface area contributed by atoms with Crippen LogP contribution in [0.4, 0.5) is 4.39 Å². The first-order chi connectivity index (χ1) is 38.5. The van der Waals surface area contributed by atoms with Gasteiger partial charge in [-0.15, -0.1) is 0 Å². The molecular formula is C72H87FN4O2. The number of nitrogens with zero attached hydrogens (tertiary/aromatic N) is 1. The third kappa shape index (κ3) is 12.8. The van der Waals surface area contributed by atoms with Crippen LogP contribution >= 0.6 is 0 Å². The molecule has 1 aromatic heterocycles. The van der Waals surface area contributed by atoms with E-state index in [9.17, 15) is 4.39 Å². The van der Waals surface area contributed by atoms with Gasteiger partial charge in [-0.25, -0.2) is 4.39 Å². The van der Waals surface area contributed by atoms with E-state index in [4.69, 9.17) is 9.47 Å². The second-order valence-electron chi connectivity index (χ2n) is 27.5. The van der Waals surface area contributed by atoms with Crippen LogP contribution in [0.5, 0.6) is 11.5 Å². The third-order valence-electron chi connectivity index (χ3n) is 21.1. The Bertz CT molecular complexity index is 2880. The topological polar surface area (TPSA) is 67.4 Å². The molecule has 0 radical (unpaired) electrons. The smallest absolute Gasteiger partial charge is 0.123 e. The lowest BCUT2D eigenvalue weighted by atomic mass is 9.53. The summed E-state index contributed by atoms with van der Waals surface area (Å²) in [5.41, 5.74) is 12.3.